The fraction of sp³-hybridized carbons (Fsp3) is 0.250. The maximum atomic E-state index is 14.4. The van der Waals surface area contributed by atoms with E-state index in [1.54, 1.807) is 36.4 Å². The topological polar surface area (TPSA) is 121 Å². The SMILES string of the molecule is COc1ncc(-c2nc3c(n2C(C)C)[C@]2(C(=O)Nc4cc(Cl)ccc42)N(c2ccc(OC)c(Cl)c2)C3=O)c(OC)n1. The number of hydrogen-bond acceptors (Lipinski definition) is 8. The van der Waals surface area contributed by atoms with Crippen molar-refractivity contribution in [3.63, 3.8) is 0 Å². The molecule has 2 aromatic heterocycles. The largest absolute Gasteiger partial charge is 0.495 e. The van der Waals surface area contributed by atoms with E-state index >= 15 is 0 Å². The highest BCUT2D eigenvalue weighted by atomic mass is 35.5. The van der Waals surface area contributed by atoms with E-state index in [2.05, 4.69) is 15.3 Å². The Bertz CT molecular complexity index is 1760. The first-order valence-electron chi connectivity index (χ1n) is 12.5. The number of halogens is 2. The van der Waals surface area contributed by atoms with Crippen LogP contribution in [0.4, 0.5) is 11.4 Å². The lowest BCUT2D eigenvalue weighted by molar-refractivity contribution is -0.119. The third-order valence-electron chi connectivity index (χ3n) is 7.20. The number of benzene rings is 2. The van der Waals surface area contributed by atoms with E-state index in [1.807, 2.05) is 18.4 Å². The molecule has 2 aromatic carbocycles. The molecule has 1 atom stereocenters. The lowest BCUT2D eigenvalue weighted by atomic mass is 9.87. The van der Waals surface area contributed by atoms with Gasteiger partial charge in [-0.2, -0.15) is 4.98 Å². The summed E-state index contributed by atoms with van der Waals surface area (Å²) in [6.45, 7) is 3.87. The van der Waals surface area contributed by atoms with Crippen molar-refractivity contribution in [2.24, 2.45) is 0 Å². The van der Waals surface area contributed by atoms with Crippen LogP contribution in [0.25, 0.3) is 11.4 Å². The number of carbonyl (C=O) groups excluding carboxylic acids is 2. The third kappa shape index (κ3) is 3.69. The van der Waals surface area contributed by atoms with Crippen LogP contribution in [-0.2, 0) is 10.3 Å². The zero-order valence-electron chi connectivity index (χ0n) is 22.7. The molecule has 1 N–H and O–H groups in total. The van der Waals surface area contributed by atoms with Crippen LogP contribution in [0.1, 0.15) is 41.6 Å². The van der Waals surface area contributed by atoms with Crippen LogP contribution >= 0.6 is 23.2 Å². The second-order valence-corrected chi connectivity index (χ2v) is 10.5. The monoisotopic (exact) mass is 594 g/mol. The van der Waals surface area contributed by atoms with Crippen molar-refractivity contribution in [3.8, 4) is 29.0 Å². The van der Waals surface area contributed by atoms with Gasteiger partial charge in [-0.05, 0) is 44.2 Å². The number of nitrogens with zero attached hydrogens (tertiary/aromatic N) is 5. The molecule has 0 radical (unpaired) electrons. The van der Waals surface area contributed by atoms with Gasteiger partial charge in [0, 0.05) is 34.2 Å². The second-order valence-electron chi connectivity index (χ2n) is 9.69. The van der Waals surface area contributed by atoms with Crippen molar-refractivity contribution in [1.82, 2.24) is 19.5 Å². The molecule has 6 rings (SSSR count). The van der Waals surface area contributed by atoms with Gasteiger partial charge in [-0.15, -0.1) is 0 Å². The molecule has 2 aliphatic heterocycles. The first-order chi connectivity index (χ1) is 19.7. The van der Waals surface area contributed by atoms with Gasteiger partial charge in [0.2, 0.25) is 5.88 Å². The molecular formula is C28H24Cl2N6O5. The number of fused-ring (bicyclic) bond motifs is 4. The molecule has 11 nitrogen and oxygen atoms in total. The molecule has 0 fully saturated rings. The average molecular weight is 595 g/mol. The summed E-state index contributed by atoms with van der Waals surface area (Å²) in [5.74, 6) is 0.0503. The zero-order valence-corrected chi connectivity index (χ0v) is 24.2. The van der Waals surface area contributed by atoms with Crippen LogP contribution in [0.3, 0.4) is 0 Å². The Morgan fingerprint density at radius 2 is 1.76 bits per heavy atom. The third-order valence-corrected chi connectivity index (χ3v) is 7.73. The first-order valence-corrected chi connectivity index (χ1v) is 13.3. The number of methoxy groups -OCH3 is 3. The van der Waals surface area contributed by atoms with Gasteiger partial charge in [0.15, 0.2) is 11.2 Å². The summed E-state index contributed by atoms with van der Waals surface area (Å²) in [6.07, 6.45) is 1.52. The van der Waals surface area contributed by atoms with E-state index in [4.69, 9.17) is 42.4 Å². The van der Waals surface area contributed by atoms with E-state index in [9.17, 15) is 9.59 Å². The lowest BCUT2D eigenvalue weighted by Gasteiger charge is -2.35. The summed E-state index contributed by atoms with van der Waals surface area (Å²) < 4.78 is 17.9. The molecule has 4 aromatic rings. The summed E-state index contributed by atoms with van der Waals surface area (Å²) >= 11 is 12.8. The molecule has 210 valence electrons. The van der Waals surface area contributed by atoms with Crippen LogP contribution in [0.15, 0.2) is 42.6 Å². The predicted molar refractivity (Wildman–Crippen MR) is 152 cm³/mol. The second kappa shape index (κ2) is 9.64. The Hall–Kier alpha value is -4.35. The van der Waals surface area contributed by atoms with Gasteiger partial charge in [-0.3, -0.25) is 14.5 Å². The van der Waals surface area contributed by atoms with Crippen LogP contribution in [-0.4, -0.2) is 52.7 Å². The normalized spacial score (nSPS) is 17.2. The van der Waals surface area contributed by atoms with Crippen molar-refractivity contribution < 1.29 is 23.8 Å². The number of imidazole rings is 1. The first kappa shape index (κ1) is 26.9. The van der Waals surface area contributed by atoms with Crippen molar-refractivity contribution in [2.75, 3.05) is 31.5 Å². The highest BCUT2D eigenvalue weighted by Crippen LogP contribution is 2.55. The highest BCUT2D eigenvalue weighted by molar-refractivity contribution is 6.33. The number of carbonyl (C=O) groups is 2. The van der Waals surface area contributed by atoms with Crippen LogP contribution in [0, 0.1) is 0 Å². The number of hydrogen-bond donors (Lipinski definition) is 1. The molecule has 4 heterocycles. The van der Waals surface area contributed by atoms with Crippen molar-refractivity contribution in [2.45, 2.75) is 25.4 Å². The van der Waals surface area contributed by atoms with Crippen molar-refractivity contribution in [1.29, 1.82) is 0 Å². The van der Waals surface area contributed by atoms with E-state index < -0.39 is 17.4 Å². The van der Waals surface area contributed by atoms with E-state index in [0.29, 0.717) is 44.8 Å². The van der Waals surface area contributed by atoms with Crippen LogP contribution in [0.5, 0.6) is 17.6 Å². The zero-order chi connectivity index (χ0) is 29.2. The van der Waals surface area contributed by atoms with Crippen LogP contribution in [0.2, 0.25) is 10.0 Å². The Morgan fingerprint density at radius 3 is 2.41 bits per heavy atom. The number of amides is 2. The fourth-order valence-corrected chi connectivity index (χ4v) is 6.00. The van der Waals surface area contributed by atoms with Gasteiger partial charge >= 0.3 is 6.01 Å². The lowest BCUT2D eigenvalue weighted by Crippen LogP contribution is -2.51. The van der Waals surface area contributed by atoms with Gasteiger partial charge in [0.1, 0.15) is 11.6 Å². The quantitative estimate of drug-likeness (QED) is 0.327. The molecule has 2 amide bonds. The molecule has 0 unspecified atom stereocenters. The van der Waals surface area contributed by atoms with Crippen LogP contribution < -0.4 is 24.4 Å². The van der Waals surface area contributed by atoms with Gasteiger partial charge in [0.25, 0.3) is 11.8 Å². The molecule has 1 spiro atoms. The van der Waals surface area contributed by atoms with Gasteiger partial charge in [0.05, 0.1) is 37.6 Å². The number of nitrogens with one attached hydrogen (secondary N) is 1. The van der Waals surface area contributed by atoms with Gasteiger partial charge in [-0.1, -0.05) is 29.3 Å². The van der Waals surface area contributed by atoms with Gasteiger partial charge < -0.3 is 24.1 Å². The smallest absolute Gasteiger partial charge is 0.319 e. The summed E-state index contributed by atoms with van der Waals surface area (Å²) in [5, 5.41) is 3.65. The Balaban J connectivity index is 1.70. The Labute approximate surface area is 245 Å². The number of aromatic nitrogens is 4. The van der Waals surface area contributed by atoms with Crippen molar-refractivity contribution >= 4 is 46.4 Å². The molecule has 41 heavy (non-hydrogen) atoms. The minimum atomic E-state index is -1.64. The molecule has 0 saturated heterocycles. The highest BCUT2D eigenvalue weighted by Gasteiger charge is 2.64. The van der Waals surface area contributed by atoms with E-state index in [-0.39, 0.29) is 28.6 Å². The number of rotatable bonds is 6. The van der Waals surface area contributed by atoms with Gasteiger partial charge in [-0.25, -0.2) is 9.97 Å². The average Bonchev–Trinajstić information content (AvgIpc) is 3.56. The predicted octanol–water partition coefficient (Wildman–Crippen LogP) is 5.11. The summed E-state index contributed by atoms with van der Waals surface area (Å²) in [6, 6.07) is 9.84. The summed E-state index contributed by atoms with van der Waals surface area (Å²) in [7, 11) is 4.41. The Kier molecular flexibility index (Phi) is 6.31. The minimum Gasteiger partial charge on any atom is -0.495 e. The summed E-state index contributed by atoms with van der Waals surface area (Å²) in [5.41, 5.74) is 0.674. The Morgan fingerprint density at radius 1 is 0.976 bits per heavy atom. The molecule has 0 aliphatic carbocycles. The fourth-order valence-electron chi connectivity index (χ4n) is 5.58. The molecule has 13 heteroatoms. The number of ether oxygens (including phenoxy) is 3. The maximum Gasteiger partial charge on any atom is 0.319 e. The molecular weight excluding hydrogens is 571 g/mol. The molecule has 0 bridgehead atoms. The van der Waals surface area contributed by atoms with Crippen molar-refractivity contribution in [3.05, 3.63) is 69.6 Å². The molecule has 2 aliphatic rings. The standard InChI is InChI=1S/C28H24Cl2N6O5/c1-13(2)35-22-21(33-23(35)16-12-31-27(41-5)34-24(16)40-4)25(37)36(15-7-9-20(39-3)18(30)11-15)28(22)17-8-6-14(29)10-19(17)32-26(28)38/h6-13H,1-5H3,(H,32,38)/t28-/m1/s1. The number of anilines is 2. The molecule has 0 saturated carbocycles. The summed E-state index contributed by atoms with van der Waals surface area (Å²) in [4.78, 5) is 43.5. The minimum absolute atomic E-state index is 0.0939. The van der Waals surface area contributed by atoms with E-state index in [0.717, 1.165) is 0 Å². The van der Waals surface area contributed by atoms with E-state index in [1.165, 1.54) is 32.4 Å². The maximum absolute atomic E-state index is 14.4.